The molecule has 0 saturated carbocycles. The first-order valence-corrected chi connectivity index (χ1v) is 9.86. The van der Waals surface area contributed by atoms with Crippen LogP contribution in [-0.2, 0) is 11.2 Å². The average Bonchev–Trinajstić information content (AvgIpc) is 3.56. The first kappa shape index (κ1) is 22.1. The average molecular weight is 474 g/mol. The number of carboxylic acid groups (broad SMARTS) is 1. The number of methoxy groups -OCH3 is 1. The maximum Gasteiger partial charge on any atom is 0.439 e. The van der Waals surface area contributed by atoms with Crippen molar-refractivity contribution in [2.24, 2.45) is 0 Å². The van der Waals surface area contributed by atoms with Crippen LogP contribution in [-0.4, -0.2) is 53.9 Å². The smallest absolute Gasteiger partial charge is 0.439 e. The Hall–Kier alpha value is -4.10. The maximum atomic E-state index is 11.4. The summed E-state index contributed by atoms with van der Waals surface area (Å²) >= 11 is 5.67. The number of aromatic carboxylic acids is 1. The summed E-state index contributed by atoms with van der Waals surface area (Å²) < 4.78 is 10.1. The molecule has 1 aliphatic carbocycles. The third-order valence-electron chi connectivity index (χ3n) is 4.93. The number of aryl methyl sites for hydroxylation is 1. The summed E-state index contributed by atoms with van der Waals surface area (Å²) in [6.07, 6.45) is 3.12. The first-order chi connectivity index (χ1) is 15.9. The zero-order valence-corrected chi connectivity index (χ0v) is 17.7. The Kier molecular flexibility index (Phi) is 6.15. The van der Waals surface area contributed by atoms with Gasteiger partial charge in [-0.2, -0.15) is 14.6 Å². The molecule has 1 aromatic carbocycles. The van der Waals surface area contributed by atoms with Gasteiger partial charge in [0.05, 0.1) is 7.11 Å². The van der Waals surface area contributed by atoms with Crippen molar-refractivity contribution in [3.63, 3.8) is 0 Å². The van der Waals surface area contributed by atoms with Gasteiger partial charge in [-0.15, -0.1) is 0 Å². The molecule has 0 aliphatic heterocycles. The minimum absolute atomic E-state index is 0.0281. The molecule has 1 aliphatic rings. The summed E-state index contributed by atoms with van der Waals surface area (Å²) in [7, 11) is 1.19. The van der Waals surface area contributed by atoms with E-state index in [-0.39, 0.29) is 23.2 Å². The lowest BCUT2D eigenvalue weighted by Gasteiger charge is -2.08. The van der Waals surface area contributed by atoms with Crippen molar-refractivity contribution >= 4 is 29.5 Å². The van der Waals surface area contributed by atoms with Gasteiger partial charge in [-0.3, -0.25) is 9.51 Å². The second kappa shape index (κ2) is 9.18. The number of benzene rings is 1. The largest absolute Gasteiger partial charge is 0.477 e. The van der Waals surface area contributed by atoms with Crippen molar-refractivity contribution in [1.82, 2.24) is 34.6 Å². The number of H-pyrrole nitrogens is 1. The highest BCUT2D eigenvalue weighted by Crippen LogP contribution is 2.33. The molecular weight excluding hydrogens is 458 g/mol. The minimum Gasteiger partial charge on any atom is -0.477 e. The van der Waals surface area contributed by atoms with Gasteiger partial charge in [0.2, 0.25) is 0 Å². The molecule has 0 bridgehead atoms. The van der Waals surface area contributed by atoms with Crippen LogP contribution in [0.3, 0.4) is 0 Å². The number of nitrogens with one attached hydrogen (secondary N) is 2. The van der Waals surface area contributed by atoms with E-state index >= 15 is 0 Å². The number of hydrogen-bond acceptors (Lipinski definition) is 10. The van der Waals surface area contributed by atoms with E-state index < -0.39 is 17.7 Å². The Labute approximate surface area is 189 Å². The number of carbonyl (C=O) groups is 2. The number of ether oxygens (including phenoxy) is 1. The van der Waals surface area contributed by atoms with Crippen LogP contribution in [0, 0.1) is 0 Å². The fraction of sp³-hybridized carbons (Fsp3) is 0.211. The molecule has 0 fully saturated rings. The van der Waals surface area contributed by atoms with E-state index in [0.29, 0.717) is 5.82 Å². The molecule has 0 unspecified atom stereocenters. The highest BCUT2D eigenvalue weighted by atomic mass is 35.5. The molecule has 170 valence electrons. The van der Waals surface area contributed by atoms with Crippen LogP contribution >= 0.6 is 11.8 Å². The van der Waals surface area contributed by atoms with Gasteiger partial charge in [-0.1, -0.05) is 17.3 Å². The monoisotopic (exact) mass is 473 g/mol. The third-order valence-corrected chi connectivity index (χ3v) is 5.20. The Morgan fingerprint density at radius 2 is 2.18 bits per heavy atom. The normalized spacial score (nSPS) is 14.4. The van der Waals surface area contributed by atoms with E-state index in [1.807, 2.05) is 18.2 Å². The molecule has 0 amide bonds. The number of nitrogens with zero attached hydrogens (tertiary/aromatic N) is 5. The van der Waals surface area contributed by atoms with Crippen LogP contribution in [0.5, 0.6) is 0 Å². The minimum atomic E-state index is -1.25. The molecule has 13 nitrogen and oxygen atoms in total. The van der Waals surface area contributed by atoms with Crippen molar-refractivity contribution in [3.8, 4) is 11.4 Å². The molecule has 3 heterocycles. The van der Waals surface area contributed by atoms with Gasteiger partial charge < -0.3 is 9.84 Å². The standard InChI is InChI=1S/C11H10ClN3O2.C8H6N4O4/c12-14-9-4-2-6-5-7(1-3-8(6)9)10-13-11(16)17-15-10;1-16-7(15)5-2-4(6(13)14)11-8-9-3-10-12(5)8/h1,3,5,9,14H,2,4H2,(H,13,15,16);2-3H,1H3,(H,13,14)/t9-;/m0./s1. The van der Waals surface area contributed by atoms with Gasteiger partial charge in [-0.05, 0) is 41.8 Å². The van der Waals surface area contributed by atoms with Gasteiger partial charge in [0.25, 0.3) is 5.78 Å². The van der Waals surface area contributed by atoms with E-state index in [2.05, 4.69) is 39.3 Å². The lowest BCUT2D eigenvalue weighted by atomic mass is 10.0. The number of esters is 1. The van der Waals surface area contributed by atoms with Crippen molar-refractivity contribution in [1.29, 1.82) is 0 Å². The number of aromatic amines is 1. The van der Waals surface area contributed by atoms with Crippen LogP contribution in [0.2, 0.25) is 0 Å². The summed E-state index contributed by atoms with van der Waals surface area (Å²) in [6, 6.07) is 7.20. The lowest BCUT2D eigenvalue weighted by molar-refractivity contribution is 0.0590. The molecule has 14 heteroatoms. The Morgan fingerprint density at radius 3 is 2.85 bits per heavy atom. The number of fused-ring (bicyclic) bond motifs is 2. The summed E-state index contributed by atoms with van der Waals surface area (Å²) in [5.74, 6) is -2.02. The Morgan fingerprint density at radius 1 is 1.36 bits per heavy atom. The zero-order chi connectivity index (χ0) is 23.5. The zero-order valence-electron chi connectivity index (χ0n) is 17.0. The maximum absolute atomic E-state index is 11.4. The number of rotatable bonds is 4. The van der Waals surface area contributed by atoms with Crippen LogP contribution in [0.25, 0.3) is 17.2 Å². The number of carboxylic acids is 1. The first-order valence-electron chi connectivity index (χ1n) is 9.49. The number of aromatic nitrogens is 6. The number of halogens is 1. The summed E-state index contributed by atoms with van der Waals surface area (Å²) in [4.78, 5) is 45.7. The van der Waals surface area contributed by atoms with Gasteiger partial charge in [0.15, 0.2) is 17.2 Å². The Balaban J connectivity index is 0.000000157. The van der Waals surface area contributed by atoms with Crippen molar-refractivity contribution in [3.05, 3.63) is 63.7 Å². The van der Waals surface area contributed by atoms with E-state index in [0.717, 1.165) is 29.0 Å². The van der Waals surface area contributed by atoms with E-state index in [1.54, 1.807) is 0 Å². The summed E-state index contributed by atoms with van der Waals surface area (Å²) in [5.41, 5.74) is 2.95. The summed E-state index contributed by atoms with van der Waals surface area (Å²) in [6.45, 7) is 0. The second-order valence-electron chi connectivity index (χ2n) is 6.85. The fourth-order valence-corrected chi connectivity index (χ4v) is 3.63. The Bertz CT molecular complexity index is 1390. The van der Waals surface area contributed by atoms with Crippen LogP contribution in [0.15, 0.2) is 39.9 Å². The van der Waals surface area contributed by atoms with Gasteiger partial charge >= 0.3 is 17.7 Å². The van der Waals surface area contributed by atoms with Gasteiger partial charge in [0, 0.05) is 17.7 Å². The molecule has 1 atom stereocenters. The van der Waals surface area contributed by atoms with Crippen LogP contribution < -0.4 is 10.6 Å². The van der Waals surface area contributed by atoms with Crippen LogP contribution in [0.1, 0.15) is 44.6 Å². The quantitative estimate of drug-likeness (QED) is 0.288. The third kappa shape index (κ3) is 4.44. The molecule has 3 N–H and O–H groups in total. The molecule has 3 aromatic heterocycles. The lowest BCUT2D eigenvalue weighted by Crippen LogP contribution is -2.13. The molecule has 33 heavy (non-hydrogen) atoms. The van der Waals surface area contributed by atoms with Crippen LogP contribution in [0.4, 0.5) is 0 Å². The molecule has 0 spiro atoms. The number of hydrogen-bond donors (Lipinski definition) is 3. The van der Waals surface area contributed by atoms with E-state index in [1.165, 1.54) is 24.6 Å². The molecular formula is C19H16ClN7O6. The van der Waals surface area contributed by atoms with Crippen molar-refractivity contribution in [2.45, 2.75) is 18.9 Å². The molecule has 0 saturated heterocycles. The molecule has 0 radical (unpaired) electrons. The fourth-order valence-electron chi connectivity index (χ4n) is 3.40. The molecule has 5 rings (SSSR count). The highest BCUT2D eigenvalue weighted by molar-refractivity contribution is 6.13. The summed E-state index contributed by atoms with van der Waals surface area (Å²) in [5, 5.41) is 16.2. The highest BCUT2D eigenvalue weighted by Gasteiger charge is 2.22. The van der Waals surface area contributed by atoms with Gasteiger partial charge in [-0.25, -0.2) is 24.2 Å². The second-order valence-corrected chi connectivity index (χ2v) is 7.07. The predicted molar refractivity (Wildman–Crippen MR) is 112 cm³/mol. The number of carbonyl (C=O) groups excluding carboxylic acids is 1. The van der Waals surface area contributed by atoms with Crippen molar-refractivity contribution < 1.29 is 24.0 Å². The molecule has 4 aromatic rings. The topological polar surface area (TPSA) is 178 Å². The van der Waals surface area contributed by atoms with E-state index in [9.17, 15) is 14.4 Å². The SMILES string of the molecule is COC(=O)c1cc(C(=O)O)nc2ncnn12.O=c1[nH]c(-c2ccc3c(c2)CC[C@@H]3NCl)no1. The van der Waals surface area contributed by atoms with Crippen molar-refractivity contribution in [2.75, 3.05) is 7.11 Å². The van der Waals surface area contributed by atoms with Gasteiger partial charge in [0.1, 0.15) is 6.33 Å². The predicted octanol–water partition coefficient (Wildman–Crippen LogP) is 1.37. The van der Waals surface area contributed by atoms with E-state index in [4.69, 9.17) is 16.9 Å².